The lowest BCUT2D eigenvalue weighted by atomic mass is 10.0. The minimum Gasteiger partial charge on any atom is -0.394 e. The van der Waals surface area contributed by atoms with Gasteiger partial charge in [0.15, 0.2) is 0 Å². The molecule has 0 aromatic heterocycles. The van der Waals surface area contributed by atoms with Gasteiger partial charge in [-0.15, -0.1) is 0 Å². The van der Waals surface area contributed by atoms with Crippen LogP contribution in [0, 0.1) is 0 Å². The number of hydrogen-bond acceptors (Lipinski definition) is 8. The van der Waals surface area contributed by atoms with Crippen LogP contribution in [-0.4, -0.2) is 63.4 Å². The molecule has 0 aromatic rings. The van der Waals surface area contributed by atoms with E-state index in [0.29, 0.717) is 6.42 Å². The number of unbranched alkanes of at least 4 members (excludes halogenated alkanes) is 14. The minimum absolute atomic E-state index is 0.342. The largest absolute Gasteiger partial charge is 0.394 e. The summed E-state index contributed by atoms with van der Waals surface area (Å²) in [7, 11) is -4.67. The van der Waals surface area contributed by atoms with E-state index in [-0.39, 0.29) is 13.2 Å². The molecule has 0 heterocycles. The van der Waals surface area contributed by atoms with Crippen molar-refractivity contribution in [2.24, 2.45) is 0 Å². The van der Waals surface area contributed by atoms with Crippen LogP contribution in [-0.2, 0) is 20.1 Å². The first-order valence-electron chi connectivity index (χ1n) is 11.6. The summed E-state index contributed by atoms with van der Waals surface area (Å²) in [6, 6.07) is 0. The van der Waals surface area contributed by atoms with E-state index in [1.165, 1.54) is 83.5 Å². The predicted molar refractivity (Wildman–Crippen MR) is 123 cm³/mol. The predicted octanol–water partition coefficient (Wildman–Crippen LogP) is 3.94. The Morgan fingerprint density at radius 1 is 0.719 bits per heavy atom. The molecule has 0 aliphatic heterocycles. The highest BCUT2D eigenvalue weighted by Gasteiger charge is 2.00. The first-order chi connectivity index (χ1) is 15.1. The maximum Gasteiger partial charge on any atom is 0.394 e. The molecule has 0 saturated heterocycles. The van der Waals surface area contributed by atoms with Crippen molar-refractivity contribution in [3.05, 3.63) is 0 Å². The Kier molecular flexibility index (Phi) is 31.5. The van der Waals surface area contributed by atoms with Crippen molar-refractivity contribution in [3.8, 4) is 0 Å². The second-order valence-electron chi connectivity index (χ2n) is 7.63. The van der Waals surface area contributed by atoms with E-state index in [2.05, 4.69) is 11.8 Å². The van der Waals surface area contributed by atoms with Crippen LogP contribution >= 0.6 is 0 Å². The van der Waals surface area contributed by atoms with Crippen LogP contribution in [0.5, 0.6) is 0 Å². The third kappa shape index (κ3) is 47.1. The van der Waals surface area contributed by atoms with E-state index >= 15 is 0 Å². The highest BCUT2D eigenvalue weighted by atomic mass is 32.3. The van der Waals surface area contributed by atoms with Gasteiger partial charge >= 0.3 is 16.4 Å². The lowest BCUT2D eigenvalue weighted by Crippen LogP contribution is -2.15. The summed E-state index contributed by atoms with van der Waals surface area (Å²) in [6.07, 6.45) is 19.1. The van der Waals surface area contributed by atoms with Crippen LogP contribution in [0.3, 0.4) is 0 Å². The summed E-state index contributed by atoms with van der Waals surface area (Å²) in [5.41, 5.74) is 0. The zero-order valence-electron chi connectivity index (χ0n) is 19.5. The fraction of sp³-hybridized carbons (Fsp3) is 0.952. The van der Waals surface area contributed by atoms with E-state index in [9.17, 15) is 4.79 Å². The molecule has 0 unspecified atom stereocenters. The third-order valence-electron chi connectivity index (χ3n) is 4.51. The molecular weight excluding hydrogens is 444 g/mol. The number of rotatable bonds is 18. The van der Waals surface area contributed by atoms with Crippen molar-refractivity contribution in [1.29, 1.82) is 0 Å². The van der Waals surface area contributed by atoms with E-state index in [1.807, 2.05) is 0 Å². The molecule has 0 saturated carbocycles. The second kappa shape index (κ2) is 28.2. The Hall–Kier alpha value is -0.820. The van der Waals surface area contributed by atoms with Gasteiger partial charge in [0.1, 0.15) is 6.10 Å². The minimum atomic E-state index is -4.67. The summed E-state index contributed by atoms with van der Waals surface area (Å²) in [6.45, 7) is 1.54. The molecule has 6 N–H and O–H groups in total. The van der Waals surface area contributed by atoms with E-state index in [4.69, 9.17) is 38.1 Å². The average Bonchev–Trinajstić information content (AvgIpc) is 2.74. The van der Waals surface area contributed by atoms with Gasteiger partial charge in [-0.3, -0.25) is 9.11 Å². The van der Waals surface area contributed by atoms with Gasteiger partial charge in [0.05, 0.1) is 13.2 Å². The average molecular weight is 491 g/mol. The summed E-state index contributed by atoms with van der Waals surface area (Å²) < 4.78 is 31.6. The number of hydrogen-bond donors (Lipinski definition) is 6. The van der Waals surface area contributed by atoms with Gasteiger partial charge in [-0.05, 0) is 6.42 Å². The molecular formula is C21H46O10S. The van der Waals surface area contributed by atoms with Gasteiger partial charge in [0, 0.05) is 6.42 Å². The molecule has 196 valence electrons. The highest BCUT2D eigenvalue weighted by molar-refractivity contribution is 7.79. The summed E-state index contributed by atoms with van der Waals surface area (Å²) >= 11 is 0. The fourth-order valence-electron chi connectivity index (χ4n) is 2.74. The number of aliphatic hydroxyl groups is 3. The van der Waals surface area contributed by atoms with Gasteiger partial charge < -0.3 is 20.2 Å². The first-order valence-corrected chi connectivity index (χ1v) is 13.0. The molecule has 0 radical (unpaired) electrons. The SMILES string of the molecule is CCCCCCCCCCCCCCCCCC(=O)OO.O=S(=O)(O)O.OCC(O)CO. The van der Waals surface area contributed by atoms with Crippen LogP contribution in [0.4, 0.5) is 0 Å². The van der Waals surface area contributed by atoms with Crippen molar-refractivity contribution >= 4 is 16.4 Å². The van der Waals surface area contributed by atoms with Gasteiger partial charge in [0.2, 0.25) is 0 Å². The molecule has 32 heavy (non-hydrogen) atoms. The zero-order valence-corrected chi connectivity index (χ0v) is 20.3. The molecule has 0 bridgehead atoms. The molecule has 0 aromatic carbocycles. The van der Waals surface area contributed by atoms with Crippen molar-refractivity contribution in [3.63, 3.8) is 0 Å². The standard InChI is InChI=1S/C18H36O3.C3H8O3.H2O4S/c1-2-3-4-5-6-7-8-9-10-11-12-13-14-15-16-17-18(19)21-20;4-1-3(6)2-5;1-5(2,3)4/h20H,2-17H2,1H3;3-6H,1-2H2;(H2,1,2,3,4). The smallest absolute Gasteiger partial charge is 0.394 e. The maximum atomic E-state index is 10.7. The number of carbonyl (C=O) groups excluding carboxylic acids is 1. The normalized spacial score (nSPS) is 10.8. The molecule has 0 spiro atoms. The second-order valence-corrected chi connectivity index (χ2v) is 8.53. The maximum absolute atomic E-state index is 10.7. The van der Waals surface area contributed by atoms with Gasteiger partial charge in [-0.2, -0.15) is 13.7 Å². The Morgan fingerprint density at radius 3 is 1.22 bits per heavy atom. The van der Waals surface area contributed by atoms with E-state index < -0.39 is 22.5 Å². The first kappa shape index (κ1) is 35.8. The molecule has 0 fully saturated rings. The Bertz CT molecular complexity index is 459. The molecule has 0 atom stereocenters. The Morgan fingerprint density at radius 2 is 1.00 bits per heavy atom. The van der Waals surface area contributed by atoms with Crippen LogP contribution in [0.2, 0.25) is 0 Å². The third-order valence-corrected chi connectivity index (χ3v) is 4.51. The van der Waals surface area contributed by atoms with Crippen LogP contribution in [0.15, 0.2) is 0 Å². The Labute approximate surface area is 193 Å². The monoisotopic (exact) mass is 490 g/mol. The zero-order chi connectivity index (χ0) is 25.1. The topological polar surface area (TPSA) is 182 Å². The van der Waals surface area contributed by atoms with Gasteiger partial charge in [0.25, 0.3) is 0 Å². The Balaban J connectivity index is -0.000000626. The molecule has 0 aliphatic rings. The van der Waals surface area contributed by atoms with Crippen LogP contribution in [0.25, 0.3) is 0 Å². The van der Waals surface area contributed by atoms with Crippen molar-refractivity contribution in [2.45, 2.75) is 116 Å². The van der Waals surface area contributed by atoms with Crippen molar-refractivity contribution < 1.29 is 47.8 Å². The molecule has 10 nitrogen and oxygen atoms in total. The van der Waals surface area contributed by atoms with Crippen molar-refractivity contribution in [1.82, 2.24) is 0 Å². The molecule has 11 heteroatoms. The van der Waals surface area contributed by atoms with Crippen molar-refractivity contribution in [2.75, 3.05) is 13.2 Å². The number of aliphatic hydroxyl groups excluding tert-OH is 3. The van der Waals surface area contributed by atoms with E-state index in [1.54, 1.807) is 0 Å². The van der Waals surface area contributed by atoms with Gasteiger partial charge in [-0.25, -0.2) is 4.79 Å². The fourth-order valence-corrected chi connectivity index (χ4v) is 2.74. The van der Waals surface area contributed by atoms with Crippen LogP contribution in [0.1, 0.15) is 110 Å². The highest BCUT2D eigenvalue weighted by Crippen LogP contribution is 2.13. The quantitative estimate of drug-likeness (QED) is 0.0712. The molecule has 0 amide bonds. The molecule has 0 aliphatic carbocycles. The summed E-state index contributed by atoms with van der Waals surface area (Å²) in [5, 5.41) is 32.1. The lowest BCUT2D eigenvalue weighted by Gasteiger charge is -2.03. The number of carbonyl (C=O) groups is 1. The van der Waals surface area contributed by atoms with Gasteiger partial charge in [-0.1, -0.05) is 96.8 Å². The molecule has 0 rings (SSSR count). The lowest BCUT2D eigenvalue weighted by molar-refractivity contribution is -0.234. The van der Waals surface area contributed by atoms with E-state index in [0.717, 1.165) is 12.8 Å². The van der Waals surface area contributed by atoms with Crippen LogP contribution < -0.4 is 0 Å². The summed E-state index contributed by atoms with van der Waals surface area (Å²) in [5.74, 6) is -0.510. The summed E-state index contributed by atoms with van der Waals surface area (Å²) in [4.78, 5) is 14.3.